The molecule has 2 unspecified atom stereocenters. The molecular formula is C14H28N2O. The fourth-order valence-electron chi connectivity index (χ4n) is 2.50. The number of carbonyl (C=O) groups excluding carboxylic acids is 1. The third kappa shape index (κ3) is 4.66. The zero-order valence-corrected chi connectivity index (χ0v) is 12.0. The maximum Gasteiger partial charge on any atom is 0.223 e. The standard InChI is InChI=1S/C14H28N2O/c1-6-15-12-7-8-16(10-11(12)2)13(17)9-14(3,4)5/h11-12,15H,6-10H2,1-5H3. The SMILES string of the molecule is CCNC1CCN(C(=O)CC(C)(C)C)CC1C. The molecule has 1 rings (SSSR count). The number of rotatable bonds is 3. The zero-order chi connectivity index (χ0) is 13.1. The third-order valence-electron chi connectivity index (χ3n) is 3.41. The van der Waals surface area contributed by atoms with E-state index in [1.165, 1.54) is 0 Å². The van der Waals surface area contributed by atoms with Gasteiger partial charge in [0.05, 0.1) is 0 Å². The van der Waals surface area contributed by atoms with E-state index in [0.717, 1.165) is 26.1 Å². The molecule has 0 aromatic heterocycles. The van der Waals surface area contributed by atoms with Crippen LogP contribution in [-0.4, -0.2) is 36.5 Å². The van der Waals surface area contributed by atoms with Crippen molar-refractivity contribution in [2.45, 2.75) is 53.5 Å². The van der Waals surface area contributed by atoms with Crippen molar-refractivity contribution >= 4 is 5.91 Å². The van der Waals surface area contributed by atoms with E-state index in [9.17, 15) is 4.79 Å². The molecule has 3 nitrogen and oxygen atoms in total. The monoisotopic (exact) mass is 240 g/mol. The molecule has 17 heavy (non-hydrogen) atoms. The molecule has 1 aliphatic heterocycles. The lowest BCUT2D eigenvalue weighted by atomic mass is 9.89. The van der Waals surface area contributed by atoms with E-state index in [0.29, 0.717) is 24.3 Å². The highest BCUT2D eigenvalue weighted by atomic mass is 16.2. The van der Waals surface area contributed by atoms with E-state index in [-0.39, 0.29) is 5.41 Å². The van der Waals surface area contributed by atoms with Crippen LogP contribution in [0.2, 0.25) is 0 Å². The highest BCUT2D eigenvalue weighted by molar-refractivity contribution is 5.76. The second kappa shape index (κ2) is 5.85. The molecule has 0 radical (unpaired) electrons. The third-order valence-corrected chi connectivity index (χ3v) is 3.41. The Kier molecular flexibility index (Phi) is 4.99. The minimum atomic E-state index is 0.0961. The van der Waals surface area contributed by atoms with E-state index in [1.807, 2.05) is 4.90 Å². The maximum absolute atomic E-state index is 12.1. The molecule has 0 aromatic carbocycles. The van der Waals surface area contributed by atoms with E-state index >= 15 is 0 Å². The van der Waals surface area contributed by atoms with Gasteiger partial charge in [-0.3, -0.25) is 4.79 Å². The second-order valence-corrected chi connectivity index (χ2v) is 6.51. The highest BCUT2D eigenvalue weighted by Gasteiger charge is 2.29. The molecule has 1 fully saturated rings. The van der Waals surface area contributed by atoms with Crippen molar-refractivity contribution in [3.63, 3.8) is 0 Å². The number of piperidine rings is 1. The van der Waals surface area contributed by atoms with Crippen LogP contribution in [-0.2, 0) is 4.79 Å². The van der Waals surface area contributed by atoms with E-state index in [4.69, 9.17) is 0 Å². The van der Waals surface area contributed by atoms with Crippen molar-refractivity contribution in [3.05, 3.63) is 0 Å². The molecule has 2 atom stereocenters. The van der Waals surface area contributed by atoms with Crippen LogP contribution < -0.4 is 5.32 Å². The summed E-state index contributed by atoms with van der Waals surface area (Å²) in [5.41, 5.74) is 0.0961. The lowest BCUT2D eigenvalue weighted by Crippen LogP contribution is -2.50. The van der Waals surface area contributed by atoms with Crippen molar-refractivity contribution in [3.8, 4) is 0 Å². The van der Waals surface area contributed by atoms with Crippen LogP contribution in [0.15, 0.2) is 0 Å². The molecule has 1 heterocycles. The van der Waals surface area contributed by atoms with Crippen LogP contribution in [0.25, 0.3) is 0 Å². The van der Waals surface area contributed by atoms with Crippen molar-refractivity contribution in [1.29, 1.82) is 0 Å². The van der Waals surface area contributed by atoms with Gasteiger partial charge in [-0.1, -0.05) is 34.6 Å². The van der Waals surface area contributed by atoms with Crippen molar-refractivity contribution in [1.82, 2.24) is 10.2 Å². The molecule has 0 spiro atoms. The lowest BCUT2D eigenvalue weighted by molar-refractivity contribution is -0.135. The Morgan fingerprint density at radius 1 is 1.41 bits per heavy atom. The number of hydrogen-bond donors (Lipinski definition) is 1. The summed E-state index contributed by atoms with van der Waals surface area (Å²) in [7, 11) is 0. The molecular weight excluding hydrogens is 212 g/mol. The maximum atomic E-state index is 12.1. The van der Waals surface area contributed by atoms with Gasteiger partial charge in [-0.15, -0.1) is 0 Å². The normalized spacial score (nSPS) is 26.1. The minimum Gasteiger partial charge on any atom is -0.342 e. The zero-order valence-electron chi connectivity index (χ0n) is 12.0. The summed E-state index contributed by atoms with van der Waals surface area (Å²) in [5.74, 6) is 0.881. The molecule has 3 heteroatoms. The molecule has 1 saturated heterocycles. The number of likely N-dealkylation sites (tertiary alicyclic amines) is 1. The van der Waals surface area contributed by atoms with Crippen LogP contribution in [0.1, 0.15) is 47.5 Å². The summed E-state index contributed by atoms with van der Waals surface area (Å²) < 4.78 is 0. The van der Waals surface area contributed by atoms with Gasteiger partial charge in [0.2, 0.25) is 5.91 Å². The predicted molar refractivity (Wildman–Crippen MR) is 71.9 cm³/mol. The van der Waals surface area contributed by atoms with Crippen LogP contribution in [0.5, 0.6) is 0 Å². The first-order valence-electron chi connectivity index (χ1n) is 6.84. The minimum absolute atomic E-state index is 0.0961. The Labute approximate surface area is 106 Å². The number of nitrogens with zero attached hydrogens (tertiary/aromatic N) is 1. The van der Waals surface area contributed by atoms with E-state index in [1.54, 1.807) is 0 Å². The van der Waals surface area contributed by atoms with Crippen molar-refractivity contribution in [2.24, 2.45) is 11.3 Å². The average molecular weight is 240 g/mol. The fourth-order valence-corrected chi connectivity index (χ4v) is 2.50. The summed E-state index contributed by atoms with van der Waals surface area (Å²) in [5, 5.41) is 3.50. The highest BCUT2D eigenvalue weighted by Crippen LogP contribution is 2.23. The van der Waals surface area contributed by atoms with E-state index < -0.39 is 0 Å². The van der Waals surface area contributed by atoms with Gasteiger partial charge < -0.3 is 10.2 Å². The predicted octanol–water partition coefficient (Wildman–Crippen LogP) is 2.27. The van der Waals surface area contributed by atoms with Crippen LogP contribution >= 0.6 is 0 Å². The van der Waals surface area contributed by atoms with Crippen LogP contribution in [0.4, 0.5) is 0 Å². The van der Waals surface area contributed by atoms with Crippen molar-refractivity contribution < 1.29 is 4.79 Å². The van der Waals surface area contributed by atoms with Crippen molar-refractivity contribution in [2.75, 3.05) is 19.6 Å². The first-order chi connectivity index (χ1) is 7.83. The molecule has 0 aliphatic carbocycles. The Hall–Kier alpha value is -0.570. The molecule has 1 amide bonds. The van der Waals surface area contributed by atoms with Gasteiger partial charge >= 0.3 is 0 Å². The molecule has 1 N–H and O–H groups in total. The topological polar surface area (TPSA) is 32.3 Å². The summed E-state index contributed by atoms with van der Waals surface area (Å²) in [6, 6.07) is 0.582. The number of hydrogen-bond acceptors (Lipinski definition) is 2. The van der Waals surface area contributed by atoms with Gasteiger partial charge in [-0.25, -0.2) is 0 Å². The van der Waals surface area contributed by atoms with Gasteiger partial charge in [0.1, 0.15) is 0 Å². The van der Waals surface area contributed by atoms with Gasteiger partial charge in [0, 0.05) is 25.6 Å². The lowest BCUT2D eigenvalue weighted by Gasteiger charge is -2.38. The number of amides is 1. The summed E-state index contributed by atoms with van der Waals surface area (Å²) >= 11 is 0. The average Bonchev–Trinajstić information content (AvgIpc) is 2.18. The smallest absolute Gasteiger partial charge is 0.223 e. The van der Waals surface area contributed by atoms with Crippen LogP contribution in [0, 0.1) is 11.3 Å². The van der Waals surface area contributed by atoms with Gasteiger partial charge in [0.15, 0.2) is 0 Å². The Bertz CT molecular complexity index is 257. The Morgan fingerprint density at radius 3 is 2.53 bits per heavy atom. The number of nitrogens with one attached hydrogen (secondary N) is 1. The first-order valence-corrected chi connectivity index (χ1v) is 6.84. The van der Waals surface area contributed by atoms with Gasteiger partial charge in [-0.2, -0.15) is 0 Å². The number of carbonyl (C=O) groups is 1. The van der Waals surface area contributed by atoms with Gasteiger partial charge in [0.25, 0.3) is 0 Å². The quantitative estimate of drug-likeness (QED) is 0.821. The molecule has 1 aliphatic rings. The largest absolute Gasteiger partial charge is 0.342 e. The Balaban J connectivity index is 2.46. The fraction of sp³-hybridized carbons (Fsp3) is 0.929. The summed E-state index contributed by atoms with van der Waals surface area (Å²) in [6.07, 6.45) is 1.75. The second-order valence-electron chi connectivity index (χ2n) is 6.51. The summed E-state index contributed by atoms with van der Waals surface area (Å²) in [4.78, 5) is 14.2. The van der Waals surface area contributed by atoms with Gasteiger partial charge in [-0.05, 0) is 24.3 Å². The first kappa shape index (κ1) is 14.5. The summed E-state index contributed by atoms with van der Waals surface area (Å²) in [6.45, 7) is 13.6. The van der Waals surface area contributed by atoms with E-state index in [2.05, 4.69) is 39.9 Å². The molecule has 0 aromatic rings. The Morgan fingerprint density at radius 2 is 2.06 bits per heavy atom. The van der Waals surface area contributed by atoms with Crippen LogP contribution in [0.3, 0.4) is 0 Å². The molecule has 0 bridgehead atoms. The molecule has 0 saturated carbocycles. The molecule has 100 valence electrons.